The quantitative estimate of drug-likeness (QED) is 0.0695. The van der Waals surface area contributed by atoms with Gasteiger partial charge in [0.15, 0.2) is 5.88 Å². The monoisotopic (exact) mass is 1590 g/mol. The Labute approximate surface area is 558 Å². The molecule has 4 aliphatic rings. The number of hydrogen-bond donors (Lipinski definition) is 0. The average Bonchev–Trinajstić information content (AvgIpc) is 1.76. The van der Waals surface area contributed by atoms with E-state index >= 15 is 0 Å². The number of ether oxygens (including phenoxy) is 2. The van der Waals surface area contributed by atoms with E-state index < -0.39 is 11.9 Å². The maximum atomic E-state index is 6.33. The number of aromatic nitrogens is 8. The van der Waals surface area contributed by atoms with Gasteiger partial charge in [0.1, 0.15) is 17.0 Å². The van der Waals surface area contributed by atoms with Gasteiger partial charge in [-0.2, -0.15) is 31.5 Å². The number of rotatable bonds is 6. The van der Waals surface area contributed by atoms with Crippen LogP contribution in [0, 0.1) is 26.0 Å². The summed E-state index contributed by atoms with van der Waals surface area (Å²) in [6, 6.07) is 55.2. The Hall–Kier alpha value is -4.53. The molecular formula is C62H40Cl4K2N12O2Pt2+2. The van der Waals surface area contributed by atoms with Crippen LogP contribution in [0.15, 0.2) is 192 Å². The molecule has 408 valence electrons. The second kappa shape index (κ2) is 25.7. The van der Waals surface area contributed by atoms with Gasteiger partial charge in [-0.1, -0.05) is 58.9 Å². The fourth-order valence-corrected chi connectivity index (χ4v) is 10.9. The summed E-state index contributed by atoms with van der Waals surface area (Å²) in [6.45, 7) is 3.91. The van der Waals surface area contributed by atoms with Crippen molar-refractivity contribution in [2.45, 2.75) is 26.2 Å². The van der Waals surface area contributed by atoms with Crippen molar-refractivity contribution in [2.75, 3.05) is 0 Å². The number of para-hydroxylation sites is 2. The van der Waals surface area contributed by atoms with E-state index in [-0.39, 0.29) is 33.4 Å². The first kappa shape index (κ1) is 59.8. The molecule has 8 aromatic heterocycles. The second-order valence-corrected chi connectivity index (χ2v) is 38.7. The summed E-state index contributed by atoms with van der Waals surface area (Å²) in [5.41, 5.74) is 12.8. The summed E-state index contributed by atoms with van der Waals surface area (Å²) in [7, 11) is 20.0. The predicted molar refractivity (Wildman–Crippen MR) is 330 cm³/mol. The maximum absolute atomic E-state index is 6.33. The van der Waals surface area contributed by atoms with E-state index in [4.69, 9.17) is 67.1 Å². The molecule has 2 atom stereocenters. The number of allylic oxidation sites excluding steroid dienone is 2. The van der Waals surface area contributed by atoms with Crippen molar-refractivity contribution in [3.63, 3.8) is 0 Å². The van der Waals surface area contributed by atoms with Gasteiger partial charge in [-0.05, 0) is 105 Å². The van der Waals surface area contributed by atoms with Crippen molar-refractivity contribution in [1.82, 2.24) is 48.3 Å². The van der Waals surface area contributed by atoms with Crippen molar-refractivity contribution in [3.05, 3.63) is 227 Å². The molecule has 16 rings (SSSR count). The maximum Gasteiger partial charge on any atom is 2.00 e. The van der Waals surface area contributed by atoms with E-state index in [1.807, 2.05) is 145 Å². The van der Waals surface area contributed by atoms with Gasteiger partial charge >= 0.3 is 134 Å². The molecule has 4 aromatic carbocycles. The normalized spacial score (nSPS) is 15.5. The summed E-state index contributed by atoms with van der Waals surface area (Å²) in [6.07, 6.45) is 15.3. The largest absolute Gasteiger partial charge is 2.00 e. The number of aryl methyl sites for hydroxylation is 2. The first-order chi connectivity index (χ1) is 40.5. The molecule has 0 aliphatic carbocycles. The van der Waals surface area contributed by atoms with E-state index in [1.54, 1.807) is 12.4 Å². The van der Waals surface area contributed by atoms with Crippen LogP contribution in [0.25, 0.3) is 66.1 Å². The molecule has 22 heteroatoms. The summed E-state index contributed by atoms with van der Waals surface area (Å²) < 4.78 is 20.8. The second-order valence-electron chi connectivity index (χ2n) is 19.0. The van der Waals surface area contributed by atoms with E-state index in [0.717, 1.165) is 88.4 Å². The third kappa shape index (κ3) is 11.9. The summed E-state index contributed by atoms with van der Waals surface area (Å²) in [4.78, 5) is 28.5. The van der Waals surface area contributed by atoms with Crippen LogP contribution < -0.4 is 39.8 Å². The van der Waals surface area contributed by atoms with E-state index in [2.05, 4.69) is 102 Å². The zero-order valence-corrected chi connectivity index (χ0v) is 58.8. The van der Waals surface area contributed by atoms with Gasteiger partial charge in [0.2, 0.25) is 22.3 Å². The van der Waals surface area contributed by atoms with E-state index in [9.17, 15) is 0 Å². The Morgan fingerprint density at radius 3 is 1.82 bits per heavy atom. The van der Waals surface area contributed by atoms with Gasteiger partial charge in [-0.25, -0.2) is 19.5 Å². The van der Waals surface area contributed by atoms with Gasteiger partial charge in [-0.3, -0.25) is 14.5 Å². The average molecular weight is 1600 g/mol. The van der Waals surface area contributed by atoms with Crippen LogP contribution in [-0.2, 0) is 33.0 Å². The molecule has 0 spiro atoms. The number of benzene rings is 4. The first-order valence-electron chi connectivity index (χ1n) is 26.4. The van der Waals surface area contributed by atoms with Crippen LogP contribution >= 0.6 is 37.7 Å². The molecule has 0 fully saturated rings. The number of pyridine rings is 6. The van der Waals surface area contributed by atoms with Crippen LogP contribution in [-0.4, -0.2) is 127 Å². The van der Waals surface area contributed by atoms with Gasteiger partial charge in [0.05, 0.1) is 60.9 Å². The number of hydrogen-bond acceptors (Lipinski definition) is 10. The number of halogens is 4. The van der Waals surface area contributed by atoms with Crippen LogP contribution in [0.1, 0.15) is 11.4 Å². The number of aliphatic imine (C=N–C) groups is 2. The zero-order chi connectivity index (χ0) is 56.9. The molecule has 0 saturated carbocycles. The molecule has 0 N–H and O–H groups in total. The SMILES string of the molecule is Cc1[c-]c2c3nc(Oc4[c-]c([N+]5=c6ccccc6=C6C=CC=NC65)ccc4)ccc3c3ncccc3n2n1.Cc1cc2c3nc(Oc4cccc([N+]5=c6ccccc6=C6C=CC=NC65)c4)ccc3c3ncccc3n2n1.[Cl][Pt]([Cl])([Cl])[Cl].[K][K].[Pt+2]. The number of dihydropyridines is 2. The van der Waals surface area contributed by atoms with Crippen molar-refractivity contribution in [1.29, 1.82) is 0 Å². The van der Waals surface area contributed by atoms with E-state index in [0.29, 0.717) is 23.3 Å². The Kier molecular flexibility index (Phi) is 18.3. The van der Waals surface area contributed by atoms with Crippen LogP contribution in [0.2, 0.25) is 0 Å². The third-order valence-corrected chi connectivity index (χ3v) is 14.1. The van der Waals surface area contributed by atoms with Crippen molar-refractivity contribution in [3.8, 4) is 23.3 Å². The molecule has 2 unspecified atom stereocenters. The fourth-order valence-electron chi connectivity index (χ4n) is 10.9. The summed E-state index contributed by atoms with van der Waals surface area (Å²) in [5.74, 6) is 2.25. The summed E-state index contributed by atoms with van der Waals surface area (Å²) in [5, 5.41) is 15.8. The fraction of sp³-hybridized carbons (Fsp3) is 0.0645. The minimum absolute atomic E-state index is 0. The van der Waals surface area contributed by atoms with E-state index in [1.165, 1.54) is 84.7 Å². The molecule has 0 radical (unpaired) electrons. The molecule has 4 aliphatic heterocycles. The van der Waals surface area contributed by atoms with Gasteiger partial charge in [-0.15, -0.1) is 12.1 Å². The molecule has 0 amide bonds. The Bertz CT molecular complexity index is 4740. The Morgan fingerprint density at radius 1 is 0.560 bits per heavy atom. The van der Waals surface area contributed by atoms with Crippen LogP contribution in [0.5, 0.6) is 23.3 Å². The molecule has 12 aromatic rings. The van der Waals surface area contributed by atoms with Crippen molar-refractivity contribution >= 4 is 191 Å². The molecule has 0 saturated heterocycles. The molecule has 14 nitrogen and oxygen atoms in total. The van der Waals surface area contributed by atoms with Gasteiger partial charge in [0, 0.05) is 60.2 Å². The standard InChI is InChI=1S/C31H21N6O.C31H19N6O.4ClH.2K.2Pt/c2*1-19-17-27-30-24(29-26(37(27)35-19)12-6-15-32-29)13-14-28(34-30)38-21-8-4-7-20(18-21)36-25-11-3-2-9-22(25)23-10-5-16-33-31(23)36;;;;;;;;/h2-18,31H,1H3;2-16,31H,1H3;4*1H;;;;/q+1;-1;;;;;;;+2;+4/p-4. The zero-order valence-electron chi connectivity index (χ0n) is 45.0. The van der Waals surface area contributed by atoms with Crippen LogP contribution in [0.4, 0.5) is 11.4 Å². The Balaban J connectivity index is 0.000000148. The van der Waals surface area contributed by atoms with Crippen molar-refractivity contribution < 1.29 is 42.4 Å². The third-order valence-electron chi connectivity index (χ3n) is 14.1. The van der Waals surface area contributed by atoms with Crippen LogP contribution in [0.3, 0.4) is 0 Å². The van der Waals surface area contributed by atoms with Gasteiger partial charge < -0.3 is 14.5 Å². The predicted octanol–water partition coefficient (Wildman–Crippen LogP) is 10.6. The molecule has 0 bridgehead atoms. The molecular weight excluding hydrogens is 1550 g/mol. The molecule has 12 heterocycles. The Morgan fingerprint density at radius 2 is 1.14 bits per heavy atom. The number of nitrogens with zero attached hydrogens (tertiary/aromatic N) is 12. The topological polar surface area (TPSA) is 135 Å². The summed E-state index contributed by atoms with van der Waals surface area (Å²) >= 11 is -0.556. The smallest absolute Gasteiger partial charge is 2.00 e. The van der Waals surface area contributed by atoms with Gasteiger partial charge in [0.25, 0.3) is 12.3 Å². The first-order valence-corrected chi connectivity index (χ1v) is 53.6. The minimum Gasteiger partial charge on any atom is 2.00 e. The number of fused-ring (bicyclic) bond motifs is 16. The van der Waals surface area contributed by atoms with Crippen molar-refractivity contribution in [2.24, 2.45) is 9.98 Å². The minimum atomic E-state index is -3.06. The molecule has 84 heavy (non-hydrogen) atoms.